The predicted molar refractivity (Wildman–Crippen MR) is 79.1 cm³/mol. The molecule has 0 atom stereocenters. The van der Waals surface area contributed by atoms with Crippen molar-refractivity contribution in [3.63, 3.8) is 0 Å². The number of hydrogen-bond donors (Lipinski definition) is 1. The van der Waals surface area contributed by atoms with Gasteiger partial charge in [0.05, 0.1) is 19.9 Å². The molecule has 2 rings (SSSR count). The summed E-state index contributed by atoms with van der Waals surface area (Å²) in [4.78, 5) is 4.48. The third-order valence-electron chi connectivity index (χ3n) is 3.03. The molecule has 20 heavy (non-hydrogen) atoms. The maximum atomic E-state index is 5.33. The Labute approximate surface area is 119 Å². The van der Waals surface area contributed by atoms with Crippen molar-refractivity contribution in [3.8, 4) is 11.5 Å². The van der Waals surface area contributed by atoms with E-state index in [2.05, 4.69) is 16.4 Å². The average Bonchev–Trinajstić information content (AvgIpc) is 2.47. The molecule has 4 nitrogen and oxygen atoms in total. The number of aryl methyl sites for hydroxylation is 1. The summed E-state index contributed by atoms with van der Waals surface area (Å²) < 4.78 is 10.6. The fourth-order valence-electron chi connectivity index (χ4n) is 2.09. The Morgan fingerprint density at radius 3 is 2.60 bits per heavy atom. The summed E-state index contributed by atoms with van der Waals surface area (Å²) in [6, 6.07) is 11.9. The van der Waals surface area contributed by atoms with Gasteiger partial charge in [0, 0.05) is 36.5 Å². The number of nitrogens with one attached hydrogen (secondary N) is 1. The lowest BCUT2D eigenvalue weighted by atomic mass is 10.2. The molecule has 1 aromatic heterocycles. The van der Waals surface area contributed by atoms with Gasteiger partial charge in [-0.2, -0.15) is 0 Å². The molecule has 0 bridgehead atoms. The number of ether oxygens (including phenoxy) is 2. The number of nitrogens with zero attached hydrogens (tertiary/aromatic N) is 1. The number of rotatable bonds is 6. The molecule has 0 saturated heterocycles. The highest BCUT2D eigenvalue weighted by Gasteiger charge is 2.03. The molecule has 0 radical (unpaired) electrons. The molecular weight excluding hydrogens is 252 g/mol. The van der Waals surface area contributed by atoms with Crippen LogP contribution in [0.25, 0.3) is 0 Å². The van der Waals surface area contributed by atoms with Crippen molar-refractivity contribution in [2.75, 3.05) is 14.2 Å². The summed E-state index contributed by atoms with van der Waals surface area (Å²) in [5, 5.41) is 3.37. The lowest BCUT2D eigenvalue weighted by Crippen LogP contribution is -2.14. The topological polar surface area (TPSA) is 43.4 Å². The summed E-state index contributed by atoms with van der Waals surface area (Å²) in [6.07, 6.45) is 0. The van der Waals surface area contributed by atoms with Crippen LogP contribution in [0.3, 0.4) is 0 Å². The molecule has 0 fully saturated rings. The molecular formula is C16H20N2O2. The van der Waals surface area contributed by atoms with Crippen LogP contribution in [0.4, 0.5) is 0 Å². The first-order valence-electron chi connectivity index (χ1n) is 6.57. The quantitative estimate of drug-likeness (QED) is 0.878. The van der Waals surface area contributed by atoms with Crippen LogP contribution in [0.5, 0.6) is 11.5 Å². The minimum Gasteiger partial charge on any atom is -0.497 e. The van der Waals surface area contributed by atoms with Crippen LogP contribution >= 0.6 is 0 Å². The highest BCUT2D eigenvalue weighted by Crippen LogP contribution is 2.17. The minimum absolute atomic E-state index is 0.691. The smallest absolute Gasteiger partial charge is 0.123 e. The van der Waals surface area contributed by atoms with E-state index < -0.39 is 0 Å². The van der Waals surface area contributed by atoms with E-state index in [1.807, 2.05) is 37.3 Å². The van der Waals surface area contributed by atoms with Gasteiger partial charge in [0.25, 0.3) is 0 Å². The normalized spacial score (nSPS) is 10.3. The van der Waals surface area contributed by atoms with Crippen LogP contribution in [0, 0.1) is 6.92 Å². The largest absolute Gasteiger partial charge is 0.497 e. The van der Waals surface area contributed by atoms with Gasteiger partial charge in [-0.05, 0) is 13.0 Å². The number of methoxy groups -OCH3 is 2. The Morgan fingerprint density at radius 2 is 1.85 bits per heavy atom. The van der Waals surface area contributed by atoms with Crippen molar-refractivity contribution in [1.82, 2.24) is 10.3 Å². The van der Waals surface area contributed by atoms with Gasteiger partial charge in [-0.15, -0.1) is 0 Å². The van der Waals surface area contributed by atoms with Gasteiger partial charge in [0.1, 0.15) is 11.5 Å². The Bertz CT molecular complexity index is 570. The molecule has 0 saturated carbocycles. The SMILES string of the molecule is COc1cc(C)nc(CNCc2ccccc2OC)c1. The van der Waals surface area contributed by atoms with Gasteiger partial charge in [0.2, 0.25) is 0 Å². The fraction of sp³-hybridized carbons (Fsp3) is 0.312. The highest BCUT2D eigenvalue weighted by molar-refractivity contribution is 5.33. The fourth-order valence-corrected chi connectivity index (χ4v) is 2.09. The molecule has 2 aromatic rings. The first kappa shape index (κ1) is 14.3. The summed E-state index contributed by atoms with van der Waals surface area (Å²) >= 11 is 0. The van der Waals surface area contributed by atoms with Crippen molar-refractivity contribution in [3.05, 3.63) is 53.3 Å². The first-order valence-corrected chi connectivity index (χ1v) is 6.57. The van der Waals surface area contributed by atoms with Crippen molar-refractivity contribution in [2.24, 2.45) is 0 Å². The molecule has 1 N–H and O–H groups in total. The third-order valence-corrected chi connectivity index (χ3v) is 3.03. The van der Waals surface area contributed by atoms with Crippen molar-refractivity contribution >= 4 is 0 Å². The first-order chi connectivity index (χ1) is 9.72. The van der Waals surface area contributed by atoms with Gasteiger partial charge in [-0.1, -0.05) is 18.2 Å². The van der Waals surface area contributed by atoms with Crippen molar-refractivity contribution in [2.45, 2.75) is 20.0 Å². The Morgan fingerprint density at radius 1 is 1.05 bits per heavy atom. The standard InChI is InChI=1S/C16H20N2O2/c1-12-8-15(19-2)9-14(18-12)11-17-10-13-6-4-5-7-16(13)20-3/h4-9,17H,10-11H2,1-3H3. The van der Waals surface area contributed by atoms with Crippen LogP contribution in [-0.4, -0.2) is 19.2 Å². The molecule has 1 aromatic carbocycles. The number of benzene rings is 1. The monoisotopic (exact) mass is 272 g/mol. The Kier molecular flexibility index (Phi) is 4.96. The van der Waals surface area contributed by atoms with E-state index in [1.54, 1.807) is 14.2 Å². The van der Waals surface area contributed by atoms with Gasteiger partial charge < -0.3 is 14.8 Å². The van der Waals surface area contributed by atoms with E-state index in [-0.39, 0.29) is 0 Å². The van der Waals surface area contributed by atoms with E-state index in [0.29, 0.717) is 6.54 Å². The number of hydrogen-bond acceptors (Lipinski definition) is 4. The second-order valence-corrected chi connectivity index (χ2v) is 4.56. The number of aromatic nitrogens is 1. The molecule has 0 spiro atoms. The maximum absolute atomic E-state index is 5.33. The average molecular weight is 272 g/mol. The molecule has 4 heteroatoms. The lowest BCUT2D eigenvalue weighted by molar-refractivity contribution is 0.407. The molecule has 0 aliphatic rings. The molecule has 106 valence electrons. The van der Waals surface area contributed by atoms with Gasteiger partial charge >= 0.3 is 0 Å². The molecule has 1 heterocycles. The van der Waals surface area contributed by atoms with E-state index in [1.165, 1.54) is 0 Å². The summed E-state index contributed by atoms with van der Waals surface area (Å²) in [5.74, 6) is 1.74. The zero-order valence-corrected chi connectivity index (χ0v) is 12.1. The van der Waals surface area contributed by atoms with Crippen molar-refractivity contribution < 1.29 is 9.47 Å². The maximum Gasteiger partial charge on any atom is 0.123 e. The zero-order valence-electron chi connectivity index (χ0n) is 12.1. The van der Waals surface area contributed by atoms with Crippen LogP contribution in [0.1, 0.15) is 17.0 Å². The lowest BCUT2D eigenvalue weighted by Gasteiger charge is -2.10. The van der Waals surface area contributed by atoms with E-state index in [4.69, 9.17) is 9.47 Å². The molecule has 0 aliphatic heterocycles. The van der Waals surface area contributed by atoms with Gasteiger partial charge in [-0.25, -0.2) is 0 Å². The van der Waals surface area contributed by atoms with Gasteiger partial charge in [0.15, 0.2) is 0 Å². The van der Waals surface area contributed by atoms with E-state index >= 15 is 0 Å². The zero-order chi connectivity index (χ0) is 14.4. The molecule has 0 amide bonds. The third kappa shape index (κ3) is 3.71. The van der Waals surface area contributed by atoms with Crippen LogP contribution < -0.4 is 14.8 Å². The predicted octanol–water partition coefficient (Wildman–Crippen LogP) is 2.70. The van der Waals surface area contributed by atoms with Gasteiger partial charge in [-0.3, -0.25) is 4.98 Å². The highest BCUT2D eigenvalue weighted by atomic mass is 16.5. The molecule has 0 unspecified atom stereocenters. The van der Waals surface area contributed by atoms with Crippen molar-refractivity contribution in [1.29, 1.82) is 0 Å². The van der Waals surface area contributed by atoms with E-state index in [9.17, 15) is 0 Å². The second kappa shape index (κ2) is 6.91. The Balaban J connectivity index is 1.97. The van der Waals surface area contributed by atoms with E-state index in [0.717, 1.165) is 35.0 Å². The number of pyridine rings is 1. The summed E-state index contributed by atoms with van der Waals surface area (Å²) in [5.41, 5.74) is 3.06. The summed E-state index contributed by atoms with van der Waals surface area (Å²) in [7, 11) is 3.35. The summed E-state index contributed by atoms with van der Waals surface area (Å²) in [6.45, 7) is 3.39. The van der Waals surface area contributed by atoms with Crippen LogP contribution in [0.2, 0.25) is 0 Å². The van der Waals surface area contributed by atoms with Crippen LogP contribution in [0.15, 0.2) is 36.4 Å². The number of para-hydroxylation sites is 1. The van der Waals surface area contributed by atoms with Crippen LogP contribution in [-0.2, 0) is 13.1 Å². The molecule has 0 aliphatic carbocycles. The minimum atomic E-state index is 0.691. The second-order valence-electron chi connectivity index (χ2n) is 4.56. The Hall–Kier alpha value is -2.07.